The van der Waals surface area contributed by atoms with Gasteiger partial charge in [-0.2, -0.15) is 0 Å². The molecule has 0 bridgehead atoms. The standard InChI is InChI=1S/C12H19N3O3S/c1-12(2,3)18-11(17)15-9(10(16)13-4)5-8-6-19-7-14-8/h6-7,9H,5H2,1-4H3,(H,13,16)(H,15,17). The zero-order valence-electron chi connectivity index (χ0n) is 11.5. The molecule has 2 amide bonds. The van der Waals surface area contributed by atoms with Gasteiger partial charge in [0.15, 0.2) is 0 Å². The summed E-state index contributed by atoms with van der Waals surface area (Å²) in [6.45, 7) is 5.30. The van der Waals surface area contributed by atoms with Crippen molar-refractivity contribution in [2.75, 3.05) is 7.05 Å². The van der Waals surface area contributed by atoms with Gasteiger partial charge in [-0.15, -0.1) is 11.3 Å². The van der Waals surface area contributed by atoms with Gasteiger partial charge >= 0.3 is 6.09 Å². The summed E-state index contributed by atoms with van der Waals surface area (Å²) in [5, 5.41) is 6.91. The molecule has 1 atom stereocenters. The number of thiazole rings is 1. The monoisotopic (exact) mass is 285 g/mol. The molecule has 7 heteroatoms. The summed E-state index contributed by atoms with van der Waals surface area (Å²) in [5.41, 5.74) is 1.84. The number of carbonyl (C=O) groups is 2. The molecule has 19 heavy (non-hydrogen) atoms. The predicted octanol–water partition coefficient (Wildman–Crippen LogP) is 1.32. The Morgan fingerprint density at radius 2 is 2.16 bits per heavy atom. The fourth-order valence-corrected chi connectivity index (χ4v) is 1.95. The zero-order valence-corrected chi connectivity index (χ0v) is 12.3. The number of alkyl carbamates (subject to hydrolysis) is 1. The van der Waals surface area contributed by atoms with Gasteiger partial charge in [0.1, 0.15) is 11.6 Å². The average Bonchev–Trinajstić information content (AvgIpc) is 2.77. The maximum Gasteiger partial charge on any atom is 0.408 e. The molecule has 0 radical (unpaired) electrons. The lowest BCUT2D eigenvalue weighted by atomic mass is 10.1. The highest BCUT2D eigenvalue weighted by Crippen LogP contribution is 2.08. The van der Waals surface area contributed by atoms with E-state index in [9.17, 15) is 9.59 Å². The fraction of sp³-hybridized carbons (Fsp3) is 0.583. The molecule has 0 aliphatic carbocycles. The van der Waals surface area contributed by atoms with E-state index in [0.717, 1.165) is 5.69 Å². The van der Waals surface area contributed by atoms with Crippen LogP contribution in [0.15, 0.2) is 10.9 Å². The molecule has 1 aromatic heterocycles. The molecule has 1 rings (SSSR count). The van der Waals surface area contributed by atoms with Crippen LogP contribution in [0.4, 0.5) is 4.79 Å². The summed E-state index contributed by atoms with van der Waals surface area (Å²) in [7, 11) is 1.52. The Balaban J connectivity index is 2.65. The predicted molar refractivity (Wildman–Crippen MR) is 73.0 cm³/mol. The van der Waals surface area contributed by atoms with Gasteiger partial charge in [0.25, 0.3) is 0 Å². The van der Waals surface area contributed by atoms with E-state index in [0.29, 0.717) is 6.42 Å². The van der Waals surface area contributed by atoms with Crippen molar-refractivity contribution in [1.82, 2.24) is 15.6 Å². The molecule has 106 valence electrons. The van der Waals surface area contributed by atoms with Gasteiger partial charge < -0.3 is 15.4 Å². The van der Waals surface area contributed by atoms with Gasteiger partial charge in [0.05, 0.1) is 11.2 Å². The molecule has 0 aliphatic rings. The van der Waals surface area contributed by atoms with Crippen LogP contribution in [0.3, 0.4) is 0 Å². The third-order valence-corrected chi connectivity index (χ3v) is 2.79. The van der Waals surface area contributed by atoms with Crippen LogP contribution in [0.1, 0.15) is 26.5 Å². The molecular formula is C12H19N3O3S. The number of aromatic nitrogens is 1. The normalized spacial score (nSPS) is 12.6. The molecule has 0 fully saturated rings. The summed E-state index contributed by atoms with van der Waals surface area (Å²) in [5.74, 6) is -0.279. The van der Waals surface area contributed by atoms with Crippen LogP contribution >= 0.6 is 11.3 Å². The smallest absolute Gasteiger partial charge is 0.408 e. The first-order chi connectivity index (χ1) is 8.81. The Kier molecular flexibility index (Phi) is 5.29. The lowest BCUT2D eigenvalue weighted by molar-refractivity contribution is -0.122. The first-order valence-corrected chi connectivity index (χ1v) is 6.84. The van der Waals surface area contributed by atoms with Gasteiger partial charge in [-0.25, -0.2) is 9.78 Å². The molecule has 1 heterocycles. The number of ether oxygens (including phenoxy) is 1. The summed E-state index contributed by atoms with van der Waals surface area (Å²) >= 11 is 1.44. The Labute approximate surface area is 116 Å². The quantitative estimate of drug-likeness (QED) is 0.874. The molecule has 0 saturated carbocycles. The van der Waals surface area contributed by atoms with Crippen molar-refractivity contribution >= 4 is 23.3 Å². The van der Waals surface area contributed by atoms with Crippen molar-refractivity contribution in [2.24, 2.45) is 0 Å². The number of hydrogen-bond donors (Lipinski definition) is 2. The van der Waals surface area contributed by atoms with Crippen LogP contribution in [0.2, 0.25) is 0 Å². The van der Waals surface area contributed by atoms with E-state index in [-0.39, 0.29) is 5.91 Å². The van der Waals surface area contributed by atoms with Gasteiger partial charge in [0, 0.05) is 18.8 Å². The summed E-state index contributed by atoms with van der Waals surface area (Å²) < 4.78 is 5.13. The highest BCUT2D eigenvalue weighted by atomic mass is 32.1. The van der Waals surface area contributed by atoms with Crippen molar-refractivity contribution in [3.8, 4) is 0 Å². The average molecular weight is 285 g/mol. The van der Waals surface area contributed by atoms with Gasteiger partial charge in [-0.3, -0.25) is 4.79 Å². The second-order valence-electron chi connectivity index (χ2n) is 5.00. The van der Waals surface area contributed by atoms with E-state index in [1.54, 1.807) is 26.3 Å². The number of carbonyl (C=O) groups excluding carboxylic acids is 2. The summed E-state index contributed by atoms with van der Waals surface area (Å²) in [4.78, 5) is 27.5. The van der Waals surface area contributed by atoms with E-state index in [4.69, 9.17) is 4.74 Å². The zero-order chi connectivity index (χ0) is 14.5. The second-order valence-corrected chi connectivity index (χ2v) is 5.72. The van der Waals surface area contributed by atoms with Crippen LogP contribution < -0.4 is 10.6 Å². The van der Waals surface area contributed by atoms with E-state index in [1.807, 2.05) is 5.38 Å². The van der Waals surface area contributed by atoms with Crippen molar-refractivity contribution in [1.29, 1.82) is 0 Å². The fourth-order valence-electron chi connectivity index (χ4n) is 1.38. The van der Waals surface area contributed by atoms with Gasteiger partial charge in [0.2, 0.25) is 5.91 Å². The molecular weight excluding hydrogens is 266 g/mol. The molecule has 1 aromatic rings. The molecule has 0 saturated heterocycles. The number of nitrogens with zero attached hydrogens (tertiary/aromatic N) is 1. The minimum absolute atomic E-state index is 0.279. The minimum atomic E-state index is -0.693. The Morgan fingerprint density at radius 3 is 2.63 bits per heavy atom. The number of nitrogens with one attached hydrogen (secondary N) is 2. The molecule has 2 N–H and O–H groups in total. The van der Waals surface area contributed by atoms with E-state index >= 15 is 0 Å². The largest absolute Gasteiger partial charge is 0.444 e. The first kappa shape index (κ1) is 15.4. The molecule has 0 aliphatic heterocycles. The number of likely N-dealkylation sites (N-methyl/N-ethyl adjacent to an activating group) is 1. The Bertz CT molecular complexity index is 426. The SMILES string of the molecule is CNC(=O)C(Cc1cscn1)NC(=O)OC(C)(C)C. The number of rotatable bonds is 4. The highest BCUT2D eigenvalue weighted by Gasteiger charge is 2.24. The van der Waals surface area contributed by atoms with Gasteiger partial charge in [-0.05, 0) is 20.8 Å². The van der Waals surface area contributed by atoms with Crippen LogP contribution in [0, 0.1) is 0 Å². The van der Waals surface area contributed by atoms with Crippen LogP contribution in [0.25, 0.3) is 0 Å². The topological polar surface area (TPSA) is 80.3 Å². The van der Waals surface area contributed by atoms with Crippen molar-refractivity contribution in [3.05, 3.63) is 16.6 Å². The van der Waals surface area contributed by atoms with E-state index < -0.39 is 17.7 Å². The summed E-state index contributed by atoms with van der Waals surface area (Å²) in [6.07, 6.45) is -0.279. The highest BCUT2D eigenvalue weighted by molar-refractivity contribution is 7.07. The Morgan fingerprint density at radius 1 is 1.47 bits per heavy atom. The molecule has 6 nitrogen and oxygen atoms in total. The molecule has 1 unspecified atom stereocenters. The van der Waals surface area contributed by atoms with E-state index in [1.165, 1.54) is 18.4 Å². The first-order valence-electron chi connectivity index (χ1n) is 5.90. The van der Waals surface area contributed by atoms with Crippen molar-refractivity contribution < 1.29 is 14.3 Å². The maximum absolute atomic E-state index is 11.7. The minimum Gasteiger partial charge on any atom is -0.444 e. The second kappa shape index (κ2) is 6.51. The molecule has 0 spiro atoms. The van der Waals surface area contributed by atoms with Crippen molar-refractivity contribution in [3.63, 3.8) is 0 Å². The Hall–Kier alpha value is -1.63. The third kappa shape index (κ3) is 5.69. The molecule has 0 aromatic carbocycles. The van der Waals surface area contributed by atoms with Gasteiger partial charge in [-0.1, -0.05) is 0 Å². The van der Waals surface area contributed by atoms with Crippen LogP contribution in [-0.2, 0) is 16.0 Å². The van der Waals surface area contributed by atoms with Crippen LogP contribution in [-0.4, -0.2) is 35.7 Å². The van der Waals surface area contributed by atoms with Crippen LogP contribution in [0.5, 0.6) is 0 Å². The maximum atomic E-state index is 11.7. The van der Waals surface area contributed by atoms with Crippen molar-refractivity contribution in [2.45, 2.75) is 38.8 Å². The number of hydrogen-bond acceptors (Lipinski definition) is 5. The summed E-state index contributed by atoms with van der Waals surface area (Å²) in [6, 6.07) is -0.693. The lowest BCUT2D eigenvalue weighted by Crippen LogP contribution is -2.48. The lowest BCUT2D eigenvalue weighted by Gasteiger charge is -2.22. The van der Waals surface area contributed by atoms with E-state index in [2.05, 4.69) is 15.6 Å². The third-order valence-electron chi connectivity index (χ3n) is 2.15. The number of amides is 2.